The Balaban J connectivity index is 2.50. The molecule has 2 rings (SSSR count). The Kier molecular flexibility index (Phi) is 4.32. The summed E-state index contributed by atoms with van der Waals surface area (Å²) < 4.78 is 43.2. The fourth-order valence-electron chi connectivity index (χ4n) is 1.80. The van der Waals surface area contributed by atoms with E-state index in [2.05, 4.69) is 4.98 Å². The third-order valence-electron chi connectivity index (χ3n) is 2.66. The summed E-state index contributed by atoms with van der Waals surface area (Å²) in [4.78, 5) is 16.2. The summed E-state index contributed by atoms with van der Waals surface area (Å²) in [6.45, 7) is 3.54. The molecular formula is C14H12F3NO2S. The van der Waals surface area contributed by atoms with Crippen molar-refractivity contribution in [3.63, 3.8) is 0 Å². The highest BCUT2D eigenvalue weighted by molar-refractivity contribution is 7.14. The molecule has 3 nitrogen and oxygen atoms in total. The van der Waals surface area contributed by atoms with Gasteiger partial charge in [0.05, 0.1) is 22.9 Å². The highest BCUT2D eigenvalue weighted by Crippen LogP contribution is 2.34. The van der Waals surface area contributed by atoms with Gasteiger partial charge in [0, 0.05) is 5.56 Å². The number of halogens is 3. The second-order valence-electron chi connectivity index (χ2n) is 4.21. The number of alkyl halides is 3. The molecule has 0 amide bonds. The molecule has 0 aliphatic heterocycles. The summed E-state index contributed by atoms with van der Waals surface area (Å²) in [5.41, 5.74) is -0.306. The lowest BCUT2D eigenvalue weighted by atomic mass is 10.1. The van der Waals surface area contributed by atoms with Gasteiger partial charge in [0.2, 0.25) is 0 Å². The second-order valence-corrected chi connectivity index (χ2v) is 5.41. The van der Waals surface area contributed by atoms with Crippen LogP contribution in [0.25, 0.3) is 11.3 Å². The van der Waals surface area contributed by atoms with Gasteiger partial charge in [-0.15, -0.1) is 11.3 Å². The van der Waals surface area contributed by atoms with Crippen LogP contribution in [0.3, 0.4) is 0 Å². The van der Waals surface area contributed by atoms with E-state index < -0.39 is 17.7 Å². The van der Waals surface area contributed by atoms with Gasteiger partial charge in [-0.25, -0.2) is 9.78 Å². The molecule has 0 spiro atoms. The lowest BCUT2D eigenvalue weighted by Crippen LogP contribution is -2.06. The van der Waals surface area contributed by atoms with Gasteiger partial charge in [-0.3, -0.25) is 0 Å². The third kappa shape index (κ3) is 3.41. The second kappa shape index (κ2) is 5.85. The molecule has 1 aromatic carbocycles. The predicted molar refractivity (Wildman–Crippen MR) is 73.2 cm³/mol. The number of ether oxygens (including phenoxy) is 1. The zero-order valence-electron chi connectivity index (χ0n) is 11.3. The van der Waals surface area contributed by atoms with Crippen molar-refractivity contribution in [1.29, 1.82) is 0 Å². The zero-order valence-corrected chi connectivity index (χ0v) is 12.1. The molecule has 21 heavy (non-hydrogen) atoms. The van der Waals surface area contributed by atoms with Crippen LogP contribution in [0.1, 0.15) is 27.2 Å². The first-order valence-corrected chi connectivity index (χ1v) is 6.96. The molecule has 0 unspecified atom stereocenters. The van der Waals surface area contributed by atoms with Crippen molar-refractivity contribution < 1.29 is 22.7 Å². The van der Waals surface area contributed by atoms with Crippen molar-refractivity contribution in [2.75, 3.05) is 6.61 Å². The summed E-state index contributed by atoms with van der Waals surface area (Å²) >= 11 is 1.10. The number of benzene rings is 1. The van der Waals surface area contributed by atoms with E-state index in [0.717, 1.165) is 23.5 Å². The molecule has 1 aromatic heterocycles. The van der Waals surface area contributed by atoms with Gasteiger partial charge in [0.15, 0.2) is 0 Å². The number of nitrogens with zero attached hydrogens (tertiary/aromatic N) is 1. The number of aryl methyl sites for hydroxylation is 1. The van der Waals surface area contributed by atoms with Crippen molar-refractivity contribution in [2.24, 2.45) is 0 Å². The maximum atomic E-state index is 12.8. The first-order valence-electron chi connectivity index (χ1n) is 6.15. The minimum atomic E-state index is -4.44. The van der Waals surface area contributed by atoms with Gasteiger partial charge in [0.1, 0.15) is 4.88 Å². The largest absolute Gasteiger partial charge is 0.462 e. The lowest BCUT2D eigenvalue weighted by molar-refractivity contribution is -0.137. The quantitative estimate of drug-likeness (QED) is 0.792. The molecule has 0 bridgehead atoms. The van der Waals surface area contributed by atoms with Crippen LogP contribution in [0.15, 0.2) is 24.3 Å². The standard InChI is InChI=1S/C14H12F3NO2S/c1-3-20-13(19)12-11(18-8(2)21-12)9-5-4-6-10(7-9)14(15,16)17/h4-7H,3H2,1-2H3. The molecule has 0 aliphatic rings. The number of carbonyl (C=O) groups excluding carboxylic acids is 1. The number of aromatic nitrogens is 1. The third-order valence-corrected chi connectivity index (χ3v) is 3.61. The van der Waals surface area contributed by atoms with E-state index in [1.54, 1.807) is 13.8 Å². The molecule has 0 radical (unpaired) electrons. The number of hydrogen-bond donors (Lipinski definition) is 0. The van der Waals surface area contributed by atoms with Crippen LogP contribution in [0, 0.1) is 6.92 Å². The molecule has 0 saturated carbocycles. The Morgan fingerprint density at radius 1 is 1.38 bits per heavy atom. The van der Waals surface area contributed by atoms with E-state index in [4.69, 9.17) is 4.74 Å². The summed E-state index contributed by atoms with van der Waals surface area (Å²) in [5.74, 6) is -0.574. The smallest absolute Gasteiger partial charge is 0.416 e. The topological polar surface area (TPSA) is 39.2 Å². The van der Waals surface area contributed by atoms with Crippen LogP contribution in [0.2, 0.25) is 0 Å². The number of hydrogen-bond acceptors (Lipinski definition) is 4. The van der Waals surface area contributed by atoms with Gasteiger partial charge in [-0.2, -0.15) is 13.2 Å². The first-order chi connectivity index (χ1) is 9.82. The average Bonchev–Trinajstić information content (AvgIpc) is 2.80. The Hall–Kier alpha value is -1.89. The Labute approximate surface area is 123 Å². The number of rotatable bonds is 3. The summed E-state index contributed by atoms with van der Waals surface area (Å²) in [7, 11) is 0. The van der Waals surface area contributed by atoms with Gasteiger partial charge in [-0.1, -0.05) is 12.1 Å². The average molecular weight is 315 g/mol. The van der Waals surface area contributed by atoms with Crippen LogP contribution < -0.4 is 0 Å². The maximum Gasteiger partial charge on any atom is 0.416 e. The number of carbonyl (C=O) groups is 1. The molecule has 0 aliphatic carbocycles. The van der Waals surface area contributed by atoms with Gasteiger partial charge in [-0.05, 0) is 26.0 Å². The van der Waals surface area contributed by atoms with E-state index >= 15 is 0 Å². The lowest BCUT2D eigenvalue weighted by Gasteiger charge is -2.08. The van der Waals surface area contributed by atoms with Crippen molar-refractivity contribution in [2.45, 2.75) is 20.0 Å². The van der Waals surface area contributed by atoms with Crippen molar-refractivity contribution in [3.05, 3.63) is 39.7 Å². The summed E-state index contributed by atoms with van der Waals surface area (Å²) in [6, 6.07) is 4.75. The maximum absolute atomic E-state index is 12.8. The zero-order chi connectivity index (χ0) is 15.6. The number of esters is 1. The highest BCUT2D eigenvalue weighted by atomic mass is 32.1. The van der Waals surface area contributed by atoms with Gasteiger partial charge >= 0.3 is 12.1 Å². The number of thiazole rings is 1. The molecule has 2 aromatic rings. The summed E-state index contributed by atoms with van der Waals surface area (Å²) in [6.07, 6.45) is -4.44. The predicted octanol–water partition coefficient (Wildman–Crippen LogP) is 4.31. The van der Waals surface area contributed by atoms with Crippen LogP contribution >= 0.6 is 11.3 Å². The monoisotopic (exact) mass is 315 g/mol. The van der Waals surface area contributed by atoms with E-state index in [1.807, 2.05) is 0 Å². The highest BCUT2D eigenvalue weighted by Gasteiger charge is 2.31. The SMILES string of the molecule is CCOC(=O)c1sc(C)nc1-c1cccc(C(F)(F)F)c1. The minimum absolute atomic E-state index is 0.192. The van der Waals surface area contributed by atoms with E-state index in [-0.39, 0.29) is 22.7 Å². The molecule has 0 fully saturated rings. The van der Waals surface area contributed by atoms with Crippen molar-refractivity contribution in [1.82, 2.24) is 4.98 Å². The molecular weight excluding hydrogens is 303 g/mol. The normalized spacial score (nSPS) is 11.5. The van der Waals surface area contributed by atoms with Crippen LogP contribution in [-0.2, 0) is 10.9 Å². The van der Waals surface area contributed by atoms with Crippen molar-refractivity contribution >= 4 is 17.3 Å². The fraction of sp³-hybridized carbons (Fsp3) is 0.286. The minimum Gasteiger partial charge on any atom is -0.462 e. The fourth-order valence-corrected chi connectivity index (χ4v) is 2.64. The molecule has 0 N–H and O–H groups in total. The Morgan fingerprint density at radius 3 is 2.71 bits per heavy atom. The van der Waals surface area contributed by atoms with Crippen LogP contribution in [0.5, 0.6) is 0 Å². The van der Waals surface area contributed by atoms with E-state index in [0.29, 0.717) is 5.01 Å². The van der Waals surface area contributed by atoms with E-state index in [1.165, 1.54) is 12.1 Å². The van der Waals surface area contributed by atoms with E-state index in [9.17, 15) is 18.0 Å². The summed E-state index contributed by atoms with van der Waals surface area (Å²) in [5, 5.41) is 0.588. The Morgan fingerprint density at radius 2 is 2.10 bits per heavy atom. The Bertz CT molecular complexity index is 664. The van der Waals surface area contributed by atoms with Crippen molar-refractivity contribution in [3.8, 4) is 11.3 Å². The molecule has 7 heteroatoms. The molecule has 112 valence electrons. The molecule has 0 atom stereocenters. The van der Waals surface area contributed by atoms with Gasteiger partial charge in [0.25, 0.3) is 0 Å². The molecule has 0 saturated heterocycles. The van der Waals surface area contributed by atoms with Gasteiger partial charge < -0.3 is 4.74 Å². The first kappa shape index (κ1) is 15.5. The van der Waals surface area contributed by atoms with Crippen LogP contribution in [0.4, 0.5) is 13.2 Å². The molecule has 1 heterocycles. The van der Waals surface area contributed by atoms with Crippen LogP contribution in [-0.4, -0.2) is 17.6 Å².